The first-order valence-corrected chi connectivity index (χ1v) is 6.80. The van der Waals surface area contributed by atoms with Gasteiger partial charge < -0.3 is 14.2 Å². The summed E-state index contributed by atoms with van der Waals surface area (Å²) in [6.07, 6.45) is 0. The molecule has 0 aliphatic rings. The van der Waals surface area contributed by atoms with Gasteiger partial charge in [0.2, 0.25) is 0 Å². The second kappa shape index (κ2) is 7.32. The van der Waals surface area contributed by atoms with Gasteiger partial charge >= 0.3 is 0 Å². The molecule has 5 heteroatoms. The first-order chi connectivity index (χ1) is 10.7. The zero-order valence-electron chi connectivity index (χ0n) is 12.4. The SMILES string of the molecule is CCOc1cc(C#N)ccc1OCc1ccc(OC)c(F)c1. The molecule has 2 aromatic carbocycles. The summed E-state index contributed by atoms with van der Waals surface area (Å²) >= 11 is 0. The zero-order chi connectivity index (χ0) is 15.9. The van der Waals surface area contributed by atoms with Crippen LogP contribution in [0.3, 0.4) is 0 Å². The van der Waals surface area contributed by atoms with Gasteiger partial charge in [-0.05, 0) is 36.8 Å². The summed E-state index contributed by atoms with van der Waals surface area (Å²) in [6.45, 7) is 2.50. The molecule has 0 saturated heterocycles. The van der Waals surface area contributed by atoms with Crippen LogP contribution in [-0.4, -0.2) is 13.7 Å². The molecule has 114 valence electrons. The molecule has 4 nitrogen and oxygen atoms in total. The number of benzene rings is 2. The number of hydrogen-bond acceptors (Lipinski definition) is 4. The van der Waals surface area contributed by atoms with E-state index >= 15 is 0 Å². The van der Waals surface area contributed by atoms with Crippen LogP contribution >= 0.6 is 0 Å². The second-order valence-corrected chi connectivity index (χ2v) is 4.46. The van der Waals surface area contributed by atoms with Crippen LogP contribution in [0, 0.1) is 17.1 Å². The summed E-state index contributed by atoms with van der Waals surface area (Å²) in [7, 11) is 1.42. The molecule has 0 aromatic heterocycles. The van der Waals surface area contributed by atoms with E-state index in [0.29, 0.717) is 29.2 Å². The van der Waals surface area contributed by atoms with Crippen molar-refractivity contribution in [3.63, 3.8) is 0 Å². The lowest BCUT2D eigenvalue weighted by molar-refractivity contribution is 0.268. The van der Waals surface area contributed by atoms with Crippen LogP contribution in [0.4, 0.5) is 4.39 Å². The number of nitrogens with zero attached hydrogens (tertiary/aromatic N) is 1. The fourth-order valence-electron chi connectivity index (χ4n) is 1.93. The summed E-state index contributed by atoms with van der Waals surface area (Å²) in [5.41, 5.74) is 1.16. The number of ether oxygens (including phenoxy) is 3. The smallest absolute Gasteiger partial charge is 0.165 e. The summed E-state index contributed by atoms with van der Waals surface area (Å²) < 4.78 is 29.6. The van der Waals surface area contributed by atoms with Gasteiger partial charge in [0.25, 0.3) is 0 Å². The highest BCUT2D eigenvalue weighted by Gasteiger charge is 2.08. The maximum absolute atomic E-state index is 13.6. The quantitative estimate of drug-likeness (QED) is 0.816. The van der Waals surface area contributed by atoms with Crippen molar-refractivity contribution >= 4 is 0 Å². The highest BCUT2D eigenvalue weighted by atomic mass is 19.1. The van der Waals surface area contributed by atoms with E-state index in [1.807, 2.05) is 13.0 Å². The van der Waals surface area contributed by atoms with Crippen LogP contribution in [0.15, 0.2) is 36.4 Å². The highest BCUT2D eigenvalue weighted by molar-refractivity contribution is 5.46. The molecule has 0 N–H and O–H groups in total. The second-order valence-electron chi connectivity index (χ2n) is 4.46. The van der Waals surface area contributed by atoms with Crippen molar-refractivity contribution in [2.45, 2.75) is 13.5 Å². The zero-order valence-corrected chi connectivity index (χ0v) is 12.4. The fourth-order valence-corrected chi connectivity index (χ4v) is 1.93. The van der Waals surface area contributed by atoms with E-state index in [9.17, 15) is 4.39 Å². The standard InChI is InChI=1S/C17H16FNO3/c1-3-21-17-9-12(10-19)4-7-16(17)22-11-13-5-6-15(20-2)14(18)8-13/h4-9H,3,11H2,1-2H3. The Labute approximate surface area is 128 Å². The fraction of sp³-hybridized carbons (Fsp3) is 0.235. The lowest BCUT2D eigenvalue weighted by atomic mass is 10.2. The molecule has 0 atom stereocenters. The molecule has 0 aliphatic heterocycles. The molecule has 2 aromatic rings. The Hall–Kier alpha value is -2.74. The van der Waals surface area contributed by atoms with Gasteiger partial charge in [0, 0.05) is 6.07 Å². The first kappa shape index (κ1) is 15.6. The molecular formula is C17H16FNO3. The van der Waals surface area contributed by atoms with E-state index in [2.05, 4.69) is 0 Å². The average Bonchev–Trinajstić information content (AvgIpc) is 2.54. The molecule has 0 radical (unpaired) electrons. The van der Waals surface area contributed by atoms with Crippen LogP contribution < -0.4 is 14.2 Å². The maximum Gasteiger partial charge on any atom is 0.165 e. The molecular weight excluding hydrogens is 285 g/mol. The highest BCUT2D eigenvalue weighted by Crippen LogP contribution is 2.29. The molecule has 22 heavy (non-hydrogen) atoms. The summed E-state index contributed by atoms with van der Waals surface area (Å²) in [6, 6.07) is 11.6. The molecule has 0 heterocycles. The maximum atomic E-state index is 13.6. The Bertz CT molecular complexity index is 695. The van der Waals surface area contributed by atoms with E-state index in [0.717, 1.165) is 0 Å². The number of nitriles is 1. The third-order valence-electron chi connectivity index (χ3n) is 2.98. The predicted octanol–water partition coefficient (Wildman–Crippen LogP) is 3.68. The Kier molecular flexibility index (Phi) is 5.21. The van der Waals surface area contributed by atoms with E-state index in [1.165, 1.54) is 13.2 Å². The van der Waals surface area contributed by atoms with Crippen LogP contribution in [-0.2, 0) is 6.61 Å². The van der Waals surface area contributed by atoms with Crippen molar-refractivity contribution in [3.8, 4) is 23.3 Å². The molecule has 0 unspecified atom stereocenters. The number of halogens is 1. The van der Waals surface area contributed by atoms with Gasteiger partial charge in [-0.1, -0.05) is 6.07 Å². The summed E-state index contributed by atoms with van der Waals surface area (Å²) in [4.78, 5) is 0. The third kappa shape index (κ3) is 3.67. The van der Waals surface area contributed by atoms with Gasteiger partial charge in [0.15, 0.2) is 23.1 Å². The number of hydrogen-bond donors (Lipinski definition) is 0. The van der Waals surface area contributed by atoms with Crippen molar-refractivity contribution in [2.75, 3.05) is 13.7 Å². The minimum atomic E-state index is -0.437. The summed E-state index contributed by atoms with van der Waals surface area (Å²) in [5, 5.41) is 8.91. The van der Waals surface area contributed by atoms with Crippen LogP contribution in [0.2, 0.25) is 0 Å². The molecule has 0 amide bonds. The Morgan fingerprint density at radius 1 is 1.05 bits per heavy atom. The van der Waals surface area contributed by atoms with Crippen molar-refractivity contribution in [1.29, 1.82) is 5.26 Å². The summed E-state index contributed by atoms with van der Waals surface area (Å²) in [5.74, 6) is 0.762. The normalized spacial score (nSPS) is 9.91. The van der Waals surface area contributed by atoms with Gasteiger partial charge in [-0.3, -0.25) is 0 Å². The molecule has 0 spiro atoms. The number of methoxy groups -OCH3 is 1. The van der Waals surface area contributed by atoms with E-state index in [4.69, 9.17) is 19.5 Å². The Balaban J connectivity index is 2.14. The van der Waals surface area contributed by atoms with Crippen molar-refractivity contribution in [3.05, 3.63) is 53.3 Å². The molecule has 0 saturated carbocycles. The monoisotopic (exact) mass is 301 g/mol. The van der Waals surface area contributed by atoms with Crippen LogP contribution in [0.5, 0.6) is 17.2 Å². The van der Waals surface area contributed by atoms with Gasteiger partial charge in [0.05, 0.1) is 25.3 Å². The molecule has 0 bridgehead atoms. The van der Waals surface area contributed by atoms with E-state index in [1.54, 1.807) is 30.3 Å². The van der Waals surface area contributed by atoms with Gasteiger partial charge in [-0.25, -0.2) is 4.39 Å². The average molecular weight is 301 g/mol. The Morgan fingerprint density at radius 2 is 1.82 bits per heavy atom. The molecule has 2 rings (SSSR count). The molecule has 0 aliphatic carbocycles. The number of rotatable bonds is 6. The predicted molar refractivity (Wildman–Crippen MR) is 79.6 cm³/mol. The van der Waals surface area contributed by atoms with Crippen molar-refractivity contribution < 1.29 is 18.6 Å². The van der Waals surface area contributed by atoms with E-state index < -0.39 is 5.82 Å². The van der Waals surface area contributed by atoms with Crippen molar-refractivity contribution in [1.82, 2.24) is 0 Å². The lowest BCUT2D eigenvalue weighted by Gasteiger charge is -2.12. The minimum absolute atomic E-state index is 0.187. The van der Waals surface area contributed by atoms with Crippen LogP contribution in [0.1, 0.15) is 18.1 Å². The van der Waals surface area contributed by atoms with Crippen LogP contribution in [0.25, 0.3) is 0 Å². The van der Waals surface area contributed by atoms with Gasteiger partial charge in [0.1, 0.15) is 6.61 Å². The first-order valence-electron chi connectivity index (χ1n) is 6.80. The molecule has 0 fully saturated rings. The van der Waals surface area contributed by atoms with E-state index in [-0.39, 0.29) is 12.4 Å². The third-order valence-corrected chi connectivity index (χ3v) is 2.98. The van der Waals surface area contributed by atoms with Gasteiger partial charge in [-0.15, -0.1) is 0 Å². The largest absolute Gasteiger partial charge is 0.494 e. The van der Waals surface area contributed by atoms with Crippen molar-refractivity contribution in [2.24, 2.45) is 0 Å². The topological polar surface area (TPSA) is 51.5 Å². The lowest BCUT2D eigenvalue weighted by Crippen LogP contribution is -2.01. The van der Waals surface area contributed by atoms with Gasteiger partial charge in [-0.2, -0.15) is 5.26 Å². The Morgan fingerprint density at radius 3 is 2.45 bits per heavy atom. The minimum Gasteiger partial charge on any atom is -0.494 e.